The molecule has 1 aliphatic heterocycles. The number of nitrogens with zero attached hydrogens (tertiary/aromatic N) is 2. The third-order valence-electron chi connectivity index (χ3n) is 5.44. The number of carbonyl (C=O) groups excluding carboxylic acids is 2. The highest BCUT2D eigenvalue weighted by atomic mass is 32.2. The Hall–Kier alpha value is -2.87. The quantitative estimate of drug-likeness (QED) is 0.653. The Morgan fingerprint density at radius 3 is 2.16 bits per heavy atom. The van der Waals surface area contributed by atoms with Gasteiger partial charge >= 0.3 is 0 Å². The van der Waals surface area contributed by atoms with Crippen LogP contribution in [0.1, 0.15) is 17.5 Å². The normalized spacial score (nSPS) is 14.4. The van der Waals surface area contributed by atoms with Crippen LogP contribution in [0.3, 0.4) is 0 Å². The molecule has 1 heterocycles. The van der Waals surface area contributed by atoms with Gasteiger partial charge in [0.1, 0.15) is 5.75 Å². The summed E-state index contributed by atoms with van der Waals surface area (Å²) in [4.78, 5) is 28.7. The van der Waals surface area contributed by atoms with E-state index in [2.05, 4.69) is 0 Å². The Labute approximate surface area is 183 Å². The first-order chi connectivity index (χ1) is 14.8. The molecule has 1 fully saturated rings. The monoisotopic (exact) mass is 444 g/mol. The lowest BCUT2D eigenvalue weighted by molar-refractivity contribution is -0.138. The molecule has 31 heavy (non-hydrogen) atoms. The fourth-order valence-corrected chi connectivity index (χ4v) is 4.75. The molecule has 1 saturated heterocycles. The van der Waals surface area contributed by atoms with Gasteiger partial charge in [0, 0.05) is 32.6 Å². The molecule has 0 aliphatic carbocycles. The molecule has 3 rings (SSSR count). The van der Waals surface area contributed by atoms with Crippen molar-refractivity contribution in [2.24, 2.45) is 0 Å². The number of amides is 2. The summed E-state index contributed by atoms with van der Waals surface area (Å²) in [5, 5.41) is 0. The number of ether oxygens (including phenoxy) is 1. The summed E-state index contributed by atoms with van der Waals surface area (Å²) in [6.45, 7) is 3.60. The fourth-order valence-electron chi connectivity index (χ4n) is 3.52. The molecule has 2 aromatic carbocycles. The SMILES string of the molecule is COc1cccc(CC(=O)N2CCN(C(=O)CCS(=O)(=O)c3ccc(C)cc3)CC2)c1. The first-order valence-electron chi connectivity index (χ1n) is 10.3. The zero-order valence-electron chi connectivity index (χ0n) is 17.9. The molecular formula is C23H28N2O5S. The van der Waals surface area contributed by atoms with Crippen LogP contribution in [0.4, 0.5) is 0 Å². The van der Waals surface area contributed by atoms with Gasteiger partial charge in [0.25, 0.3) is 0 Å². The van der Waals surface area contributed by atoms with Gasteiger partial charge in [-0.1, -0.05) is 29.8 Å². The molecule has 0 N–H and O–H groups in total. The number of hydrogen-bond donors (Lipinski definition) is 0. The van der Waals surface area contributed by atoms with Gasteiger partial charge in [-0.2, -0.15) is 0 Å². The van der Waals surface area contributed by atoms with E-state index < -0.39 is 9.84 Å². The van der Waals surface area contributed by atoms with E-state index in [1.165, 1.54) is 0 Å². The number of piperazine rings is 1. The number of methoxy groups -OCH3 is 1. The highest BCUT2D eigenvalue weighted by Crippen LogP contribution is 2.16. The van der Waals surface area contributed by atoms with Gasteiger partial charge in [0.15, 0.2) is 9.84 Å². The minimum Gasteiger partial charge on any atom is -0.497 e. The number of benzene rings is 2. The number of rotatable bonds is 7. The lowest BCUT2D eigenvalue weighted by atomic mass is 10.1. The number of sulfone groups is 1. The van der Waals surface area contributed by atoms with Gasteiger partial charge in [-0.3, -0.25) is 9.59 Å². The van der Waals surface area contributed by atoms with Crippen molar-refractivity contribution in [2.45, 2.75) is 24.7 Å². The summed E-state index contributed by atoms with van der Waals surface area (Å²) >= 11 is 0. The van der Waals surface area contributed by atoms with Crippen LogP contribution in [0.5, 0.6) is 5.75 Å². The first kappa shape index (κ1) is 22.8. The lowest BCUT2D eigenvalue weighted by Crippen LogP contribution is -2.51. The predicted molar refractivity (Wildman–Crippen MR) is 118 cm³/mol. The number of aryl methyl sites for hydroxylation is 1. The fraction of sp³-hybridized carbons (Fsp3) is 0.391. The average Bonchev–Trinajstić information content (AvgIpc) is 2.78. The second-order valence-corrected chi connectivity index (χ2v) is 9.78. The van der Waals surface area contributed by atoms with Crippen LogP contribution in [-0.4, -0.2) is 69.1 Å². The van der Waals surface area contributed by atoms with Gasteiger partial charge in [0.05, 0.1) is 24.2 Å². The van der Waals surface area contributed by atoms with Crippen molar-refractivity contribution in [2.75, 3.05) is 39.0 Å². The van der Waals surface area contributed by atoms with Gasteiger partial charge in [-0.15, -0.1) is 0 Å². The molecule has 2 aromatic rings. The molecule has 0 unspecified atom stereocenters. The van der Waals surface area contributed by atoms with Gasteiger partial charge in [-0.25, -0.2) is 8.42 Å². The molecule has 0 aromatic heterocycles. The molecule has 166 valence electrons. The van der Waals surface area contributed by atoms with Crippen molar-refractivity contribution in [1.82, 2.24) is 9.80 Å². The Morgan fingerprint density at radius 2 is 1.55 bits per heavy atom. The zero-order valence-corrected chi connectivity index (χ0v) is 18.7. The van der Waals surface area contributed by atoms with Crippen LogP contribution in [-0.2, 0) is 25.8 Å². The van der Waals surface area contributed by atoms with Crippen molar-refractivity contribution >= 4 is 21.7 Å². The molecule has 1 aliphatic rings. The van der Waals surface area contributed by atoms with Gasteiger partial charge in [0.2, 0.25) is 11.8 Å². The van der Waals surface area contributed by atoms with E-state index in [1.807, 2.05) is 31.2 Å². The van der Waals surface area contributed by atoms with Crippen molar-refractivity contribution in [3.05, 3.63) is 59.7 Å². The molecule has 8 heteroatoms. The summed E-state index contributed by atoms with van der Waals surface area (Å²) in [6.07, 6.45) is 0.216. The van der Waals surface area contributed by atoms with Crippen LogP contribution < -0.4 is 4.74 Å². The zero-order chi connectivity index (χ0) is 22.4. The second kappa shape index (κ2) is 9.96. The lowest BCUT2D eigenvalue weighted by Gasteiger charge is -2.35. The first-order valence-corrected chi connectivity index (χ1v) is 11.9. The van der Waals surface area contributed by atoms with Crippen molar-refractivity contribution in [3.63, 3.8) is 0 Å². The minimum atomic E-state index is -3.50. The largest absolute Gasteiger partial charge is 0.497 e. The summed E-state index contributed by atoms with van der Waals surface area (Å²) in [5.74, 6) is 0.295. The van der Waals surface area contributed by atoms with Crippen LogP contribution in [0.2, 0.25) is 0 Å². The van der Waals surface area contributed by atoms with Crippen LogP contribution in [0.15, 0.2) is 53.4 Å². The molecule has 0 radical (unpaired) electrons. The number of hydrogen-bond acceptors (Lipinski definition) is 5. The minimum absolute atomic E-state index is 0.00213. The molecule has 0 spiro atoms. The number of carbonyl (C=O) groups is 2. The smallest absolute Gasteiger partial charge is 0.227 e. The summed E-state index contributed by atoms with van der Waals surface area (Å²) in [6, 6.07) is 14.0. The molecule has 0 atom stereocenters. The van der Waals surface area contributed by atoms with E-state index in [-0.39, 0.29) is 35.3 Å². The van der Waals surface area contributed by atoms with E-state index in [0.717, 1.165) is 11.1 Å². The summed E-state index contributed by atoms with van der Waals surface area (Å²) < 4.78 is 30.1. The van der Waals surface area contributed by atoms with E-state index in [0.29, 0.717) is 31.9 Å². The Kier molecular flexibility index (Phi) is 7.33. The van der Waals surface area contributed by atoms with E-state index in [4.69, 9.17) is 4.74 Å². The summed E-state index contributed by atoms with van der Waals surface area (Å²) in [7, 11) is -1.91. The third-order valence-corrected chi connectivity index (χ3v) is 7.17. The second-order valence-electron chi connectivity index (χ2n) is 7.67. The summed E-state index contributed by atoms with van der Waals surface area (Å²) in [5.41, 5.74) is 1.86. The molecule has 0 saturated carbocycles. The van der Waals surface area contributed by atoms with Crippen molar-refractivity contribution in [3.8, 4) is 5.75 Å². The van der Waals surface area contributed by atoms with Crippen LogP contribution in [0, 0.1) is 6.92 Å². The van der Waals surface area contributed by atoms with Crippen molar-refractivity contribution < 1.29 is 22.7 Å². The molecule has 7 nitrogen and oxygen atoms in total. The maximum Gasteiger partial charge on any atom is 0.227 e. The Morgan fingerprint density at radius 1 is 0.935 bits per heavy atom. The van der Waals surface area contributed by atoms with E-state index in [1.54, 1.807) is 41.2 Å². The Balaban J connectivity index is 1.48. The van der Waals surface area contributed by atoms with E-state index in [9.17, 15) is 18.0 Å². The van der Waals surface area contributed by atoms with Crippen molar-refractivity contribution in [1.29, 1.82) is 0 Å². The predicted octanol–water partition coefficient (Wildman–Crippen LogP) is 2.08. The maximum atomic E-state index is 12.6. The molecule has 0 bridgehead atoms. The van der Waals surface area contributed by atoms with Gasteiger partial charge < -0.3 is 14.5 Å². The average molecular weight is 445 g/mol. The molecular weight excluding hydrogens is 416 g/mol. The highest BCUT2D eigenvalue weighted by Gasteiger charge is 2.25. The van der Waals surface area contributed by atoms with E-state index >= 15 is 0 Å². The highest BCUT2D eigenvalue weighted by molar-refractivity contribution is 7.91. The Bertz CT molecular complexity index is 1030. The molecule has 2 amide bonds. The van der Waals surface area contributed by atoms with Gasteiger partial charge in [-0.05, 0) is 36.8 Å². The maximum absolute atomic E-state index is 12.6. The van der Waals surface area contributed by atoms with Crippen LogP contribution >= 0.6 is 0 Å². The van der Waals surface area contributed by atoms with Crippen LogP contribution in [0.25, 0.3) is 0 Å². The topological polar surface area (TPSA) is 84.0 Å². The third kappa shape index (κ3) is 6.07. The standard InChI is InChI=1S/C23H28N2O5S/c1-18-6-8-21(9-7-18)31(28,29)15-10-22(26)24-11-13-25(14-12-24)23(27)17-19-4-3-5-20(16-19)30-2/h3-9,16H,10-15,17H2,1-2H3.